The van der Waals surface area contributed by atoms with E-state index in [1.54, 1.807) is 16.9 Å². The molecule has 1 atom stereocenters. The van der Waals surface area contributed by atoms with Crippen LogP contribution in [-0.2, 0) is 0 Å². The van der Waals surface area contributed by atoms with Gasteiger partial charge in [0.2, 0.25) is 0 Å². The van der Waals surface area contributed by atoms with Gasteiger partial charge in [-0.3, -0.25) is 4.79 Å². The first kappa shape index (κ1) is 16.8. The number of hydrogen-bond acceptors (Lipinski definition) is 4. The van der Waals surface area contributed by atoms with Gasteiger partial charge in [-0.25, -0.2) is 4.68 Å². The van der Waals surface area contributed by atoms with Crippen molar-refractivity contribution in [3.8, 4) is 17.0 Å². The molecule has 0 saturated carbocycles. The van der Waals surface area contributed by atoms with Crippen LogP contribution in [0.1, 0.15) is 29.0 Å². The van der Waals surface area contributed by atoms with Crippen LogP contribution in [0.15, 0.2) is 83.6 Å². The quantitative estimate of drug-likeness (QED) is 0.585. The zero-order chi connectivity index (χ0) is 18.6. The molecule has 0 aliphatic rings. The lowest BCUT2D eigenvalue weighted by Crippen LogP contribution is -2.27. The molecule has 27 heavy (non-hydrogen) atoms. The van der Waals surface area contributed by atoms with E-state index in [-0.39, 0.29) is 17.6 Å². The van der Waals surface area contributed by atoms with Gasteiger partial charge < -0.3 is 9.84 Å². The molecule has 4 aromatic rings. The second-order valence-electron chi connectivity index (χ2n) is 6.15. The Morgan fingerprint density at radius 3 is 2.63 bits per heavy atom. The van der Waals surface area contributed by atoms with Gasteiger partial charge in [-0.05, 0) is 24.6 Å². The van der Waals surface area contributed by atoms with Crippen molar-refractivity contribution in [1.29, 1.82) is 0 Å². The topological polar surface area (TPSA) is 73.0 Å². The second kappa shape index (κ2) is 7.29. The minimum atomic E-state index is -0.288. The molecule has 134 valence electrons. The van der Waals surface area contributed by atoms with E-state index in [4.69, 9.17) is 4.52 Å². The van der Waals surface area contributed by atoms with Gasteiger partial charge in [-0.2, -0.15) is 5.10 Å². The van der Waals surface area contributed by atoms with Crippen molar-refractivity contribution in [2.24, 2.45) is 0 Å². The van der Waals surface area contributed by atoms with Gasteiger partial charge in [-0.15, -0.1) is 0 Å². The standard InChI is InChI=1S/C21H18N4O2/c1-15(17-10-5-6-11-19(17)25-13-7-12-22-25)23-21(26)18-14-20(27-24-18)16-8-3-2-4-9-16/h2-15H,1H3,(H,23,26). The average Bonchev–Trinajstić information content (AvgIpc) is 3.41. The zero-order valence-corrected chi connectivity index (χ0v) is 14.7. The van der Waals surface area contributed by atoms with Gasteiger partial charge in [0, 0.05) is 24.0 Å². The molecule has 1 unspecified atom stereocenters. The van der Waals surface area contributed by atoms with Crippen molar-refractivity contribution in [2.45, 2.75) is 13.0 Å². The van der Waals surface area contributed by atoms with Crippen LogP contribution in [0, 0.1) is 0 Å². The summed E-state index contributed by atoms with van der Waals surface area (Å²) in [7, 11) is 0. The summed E-state index contributed by atoms with van der Waals surface area (Å²) in [6, 6.07) is 20.7. The van der Waals surface area contributed by atoms with E-state index in [2.05, 4.69) is 15.6 Å². The van der Waals surface area contributed by atoms with Crippen LogP contribution in [-0.4, -0.2) is 20.8 Å². The number of carbonyl (C=O) groups is 1. The normalized spacial score (nSPS) is 11.9. The smallest absolute Gasteiger partial charge is 0.273 e. The highest BCUT2D eigenvalue weighted by Crippen LogP contribution is 2.23. The third-order valence-corrected chi connectivity index (χ3v) is 4.30. The van der Waals surface area contributed by atoms with Crippen LogP contribution < -0.4 is 5.32 Å². The van der Waals surface area contributed by atoms with Crippen LogP contribution in [0.5, 0.6) is 0 Å². The molecule has 0 bridgehead atoms. The molecule has 2 aromatic heterocycles. The fourth-order valence-corrected chi connectivity index (χ4v) is 2.94. The molecular formula is C21H18N4O2. The number of amides is 1. The number of carbonyl (C=O) groups excluding carboxylic acids is 1. The van der Waals surface area contributed by atoms with Gasteiger partial charge in [0.05, 0.1) is 11.7 Å². The minimum absolute atomic E-state index is 0.227. The van der Waals surface area contributed by atoms with Crippen molar-refractivity contribution >= 4 is 5.91 Å². The number of hydrogen-bond donors (Lipinski definition) is 1. The Bertz CT molecular complexity index is 1040. The Kier molecular flexibility index (Phi) is 4.53. The van der Waals surface area contributed by atoms with Gasteiger partial charge in [0.1, 0.15) is 0 Å². The maximum absolute atomic E-state index is 12.6. The van der Waals surface area contributed by atoms with Gasteiger partial charge in [-0.1, -0.05) is 53.7 Å². The van der Waals surface area contributed by atoms with E-state index >= 15 is 0 Å². The molecule has 6 heteroatoms. The van der Waals surface area contributed by atoms with Crippen LogP contribution in [0.25, 0.3) is 17.0 Å². The van der Waals surface area contributed by atoms with Crippen molar-refractivity contribution in [3.63, 3.8) is 0 Å². The SMILES string of the molecule is CC(NC(=O)c1cc(-c2ccccc2)on1)c1ccccc1-n1cccn1. The van der Waals surface area contributed by atoms with E-state index in [9.17, 15) is 4.79 Å². The summed E-state index contributed by atoms with van der Waals surface area (Å²) >= 11 is 0. The maximum Gasteiger partial charge on any atom is 0.273 e. The van der Waals surface area contributed by atoms with Gasteiger partial charge in [0.25, 0.3) is 5.91 Å². The zero-order valence-electron chi connectivity index (χ0n) is 14.7. The molecule has 2 heterocycles. The van der Waals surface area contributed by atoms with Crippen molar-refractivity contribution in [1.82, 2.24) is 20.3 Å². The molecule has 4 rings (SSSR count). The van der Waals surface area contributed by atoms with Crippen molar-refractivity contribution < 1.29 is 9.32 Å². The summed E-state index contributed by atoms with van der Waals surface area (Å²) in [6.45, 7) is 1.93. The molecule has 0 saturated heterocycles. The molecular weight excluding hydrogens is 340 g/mol. The predicted molar refractivity (Wildman–Crippen MR) is 101 cm³/mol. The summed E-state index contributed by atoms with van der Waals surface area (Å²) in [5.74, 6) is 0.272. The highest BCUT2D eigenvalue weighted by molar-refractivity contribution is 5.93. The summed E-state index contributed by atoms with van der Waals surface area (Å²) in [4.78, 5) is 12.6. The second-order valence-corrected chi connectivity index (χ2v) is 6.15. The lowest BCUT2D eigenvalue weighted by atomic mass is 10.1. The molecule has 0 spiro atoms. The van der Waals surface area contributed by atoms with Crippen molar-refractivity contribution in [2.75, 3.05) is 0 Å². The summed E-state index contributed by atoms with van der Waals surface area (Å²) in [5, 5.41) is 11.2. The fourth-order valence-electron chi connectivity index (χ4n) is 2.94. The average molecular weight is 358 g/mol. The van der Waals surface area contributed by atoms with Crippen molar-refractivity contribution in [3.05, 3.63) is 90.4 Å². The molecule has 1 N–H and O–H groups in total. The van der Waals surface area contributed by atoms with Crippen LogP contribution in [0.4, 0.5) is 0 Å². The molecule has 0 radical (unpaired) electrons. The van der Waals surface area contributed by atoms with E-state index < -0.39 is 0 Å². The molecule has 2 aromatic carbocycles. The van der Waals surface area contributed by atoms with E-state index in [1.165, 1.54) is 0 Å². The highest BCUT2D eigenvalue weighted by atomic mass is 16.5. The number of para-hydroxylation sites is 1. The summed E-state index contributed by atoms with van der Waals surface area (Å²) < 4.78 is 7.10. The van der Waals surface area contributed by atoms with E-state index in [1.807, 2.05) is 73.8 Å². The van der Waals surface area contributed by atoms with Gasteiger partial charge in [0.15, 0.2) is 11.5 Å². The number of rotatable bonds is 5. The molecule has 0 fully saturated rings. The van der Waals surface area contributed by atoms with E-state index in [0.717, 1.165) is 16.8 Å². The largest absolute Gasteiger partial charge is 0.355 e. The Labute approximate surface area is 156 Å². The summed E-state index contributed by atoms with van der Waals surface area (Å²) in [6.07, 6.45) is 3.59. The summed E-state index contributed by atoms with van der Waals surface area (Å²) in [5.41, 5.74) is 3.00. The first-order chi connectivity index (χ1) is 13.2. The number of benzene rings is 2. The lowest BCUT2D eigenvalue weighted by molar-refractivity contribution is 0.0931. The lowest BCUT2D eigenvalue weighted by Gasteiger charge is -2.17. The Morgan fingerprint density at radius 2 is 1.85 bits per heavy atom. The monoisotopic (exact) mass is 358 g/mol. The molecule has 1 amide bonds. The maximum atomic E-state index is 12.6. The van der Waals surface area contributed by atoms with Crippen LogP contribution >= 0.6 is 0 Å². The number of nitrogens with zero attached hydrogens (tertiary/aromatic N) is 3. The minimum Gasteiger partial charge on any atom is -0.355 e. The van der Waals surface area contributed by atoms with Crippen LogP contribution in [0.3, 0.4) is 0 Å². The van der Waals surface area contributed by atoms with E-state index in [0.29, 0.717) is 5.76 Å². The first-order valence-corrected chi connectivity index (χ1v) is 8.64. The number of aromatic nitrogens is 3. The highest BCUT2D eigenvalue weighted by Gasteiger charge is 2.18. The van der Waals surface area contributed by atoms with Crippen LogP contribution in [0.2, 0.25) is 0 Å². The molecule has 0 aliphatic heterocycles. The molecule has 0 aliphatic carbocycles. The number of nitrogens with one attached hydrogen (secondary N) is 1. The van der Waals surface area contributed by atoms with Gasteiger partial charge >= 0.3 is 0 Å². The first-order valence-electron chi connectivity index (χ1n) is 8.64. The Morgan fingerprint density at radius 1 is 1.07 bits per heavy atom. The Balaban J connectivity index is 1.53. The fraction of sp³-hybridized carbons (Fsp3) is 0.0952. The Hall–Kier alpha value is -3.67. The third kappa shape index (κ3) is 3.50. The third-order valence-electron chi connectivity index (χ3n) is 4.30. The predicted octanol–water partition coefficient (Wildman–Crippen LogP) is 4.02. The molecule has 6 nitrogen and oxygen atoms in total.